The van der Waals surface area contributed by atoms with Gasteiger partial charge in [-0.1, -0.05) is 18.2 Å². The summed E-state index contributed by atoms with van der Waals surface area (Å²) in [6, 6.07) is 8.23. The van der Waals surface area contributed by atoms with Gasteiger partial charge >= 0.3 is 0 Å². The lowest BCUT2D eigenvalue weighted by Crippen LogP contribution is -2.17. The fraction of sp³-hybridized carbons (Fsp3) is 0.385. The average Bonchev–Trinajstić information content (AvgIpc) is 2.22. The number of hydrogen-bond acceptors (Lipinski definition) is 2. The van der Waals surface area contributed by atoms with Crippen LogP contribution in [0.4, 0.5) is 0 Å². The summed E-state index contributed by atoms with van der Waals surface area (Å²) >= 11 is 0. The van der Waals surface area contributed by atoms with Gasteiger partial charge in [0.1, 0.15) is 5.75 Å². The van der Waals surface area contributed by atoms with Crippen molar-refractivity contribution in [3.63, 3.8) is 0 Å². The molecule has 0 amide bonds. The van der Waals surface area contributed by atoms with Gasteiger partial charge in [0.05, 0.1) is 6.61 Å². The van der Waals surface area contributed by atoms with Crippen molar-refractivity contribution < 1.29 is 4.74 Å². The Labute approximate surface area is 92.2 Å². The van der Waals surface area contributed by atoms with Crippen molar-refractivity contribution >= 4 is 0 Å². The van der Waals surface area contributed by atoms with Gasteiger partial charge in [0, 0.05) is 13.1 Å². The predicted octanol–water partition coefficient (Wildman–Crippen LogP) is 2.70. The zero-order chi connectivity index (χ0) is 11.1. The number of ether oxygens (including phenoxy) is 1. The minimum atomic E-state index is 0.718. The van der Waals surface area contributed by atoms with Crippen LogP contribution in [-0.4, -0.2) is 25.1 Å². The SMILES string of the molecule is C=CCN(C)Cc1ccc(OCC)cc1. The predicted molar refractivity (Wildman–Crippen MR) is 64.1 cm³/mol. The molecule has 0 saturated heterocycles. The summed E-state index contributed by atoms with van der Waals surface area (Å²) in [6.45, 7) is 8.28. The van der Waals surface area contributed by atoms with E-state index >= 15 is 0 Å². The maximum Gasteiger partial charge on any atom is 0.119 e. The second kappa shape index (κ2) is 6.25. The maximum absolute atomic E-state index is 5.38. The van der Waals surface area contributed by atoms with E-state index in [1.165, 1.54) is 5.56 Å². The molecule has 0 aliphatic rings. The molecule has 1 aromatic carbocycles. The quantitative estimate of drug-likeness (QED) is 0.662. The van der Waals surface area contributed by atoms with Crippen LogP contribution in [0, 0.1) is 0 Å². The molecular weight excluding hydrogens is 186 g/mol. The third-order valence-electron chi connectivity index (χ3n) is 2.13. The van der Waals surface area contributed by atoms with E-state index in [4.69, 9.17) is 4.74 Å². The van der Waals surface area contributed by atoms with Crippen molar-refractivity contribution in [3.8, 4) is 5.75 Å². The number of rotatable bonds is 6. The highest BCUT2D eigenvalue weighted by molar-refractivity contribution is 5.27. The van der Waals surface area contributed by atoms with Crippen LogP contribution in [0.25, 0.3) is 0 Å². The van der Waals surface area contributed by atoms with Gasteiger partial charge in [-0.3, -0.25) is 4.90 Å². The molecule has 15 heavy (non-hydrogen) atoms. The molecule has 82 valence electrons. The van der Waals surface area contributed by atoms with E-state index in [1.807, 2.05) is 25.1 Å². The Morgan fingerprint density at radius 1 is 1.33 bits per heavy atom. The number of nitrogens with zero attached hydrogens (tertiary/aromatic N) is 1. The average molecular weight is 205 g/mol. The number of likely N-dealkylation sites (N-methyl/N-ethyl adjacent to an activating group) is 1. The molecule has 1 rings (SSSR count). The van der Waals surface area contributed by atoms with Gasteiger partial charge in [-0.05, 0) is 31.7 Å². The monoisotopic (exact) mass is 205 g/mol. The van der Waals surface area contributed by atoms with Gasteiger partial charge in [-0.15, -0.1) is 6.58 Å². The first-order chi connectivity index (χ1) is 7.26. The van der Waals surface area contributed by atoms with Crippen LogP contribution >= 0.6 is 0 Å². The van der Waals surface area contributed by atoms with Crippen molar-refractivity contribution in [2.45, 2.75) is 13.5 Å². The molecule has 0 radical (unpaired) electrons. The second-order valence-corrected chi connectivity index (χ2v) is 3.56. The summed E-state index contributed by atoms with van der Waals surface area (Å²) in [7, 11) is 2.08. The summed E-state index contributed by atoms with van der Waals surface area (Å²) in [4.78, 5) is 2.21. The Bertz CT molecular complexity index is 292. The highest BCUT2D eigenvalue weighted by atomic mass is 16.5. The second-order valence-electron chi connectivity index (χ2n) is 3.56. The molecule has 0 aliphatic carbocycles. The number of hydrogen-bond donors (Lipinski definition) is 0. The van der Waals surface area contributed by atoms with Crippen molar-refractivity contribution in [1.82, 2.24) is 4.90 Å². The molecule has 0 aliphatic heterocycles. The molecular formula is C13H19NO. The van der Waals surface area contributed by atoms with Crippen LogP contribution in [-0.2, 0) is 6.54 Å². The van der Waals surface area contributed by atoms with Gasteiger partial charge in [-0.2, -0.15) is 0 Å². The lowest BCUT2D eigenvalue weighted by Gasteiger charge is -2.14. The highest BCUT2D eigenvalue weighted by Crippen LogP contribution is 2.13. The molecule has 2 heteroatoms. The van der Waals surface area contributed by atoms with Crippen LogP contribution < -0.4 is 4.74 Å². The summed E-state index contributed by atoms with van der Waals surface area (Å²) in [5.74, 6) is 0.938. The van der Waals surface area contributed by atoms with Gasteiger partial charge in [-0.25, -0.2) is 0 Å². The smallest absolute Gasteiger partial charge is 0.119 e. The first-order valence-electron chi connectivity index (χ1n) is 5.27. The Balaban J connectivity index is 2.52. The van der Waals surface area contributed by atoms with Crippen molar-refractivity contribution in [2.75, 3.05) is 20.2 Å². The molecule has 0 aromatic heterocycles. The Morgan fingerprint density at radius 3 is 2.53 bits per heavy atom. The van der Waals surface area contributed by atoms with Gasteiger partial charge in [0.25, 0.3) is 0 Å². The molecule has 1 aromatic rings. The number of benzene rings is 1. The minimum absolute atomic E-state index is 0.718. The molecule has 0 atom stereocenters. The highest BCUT2D eigenvalue weighted by Gasteiger charge is 1.98. The van der Waals surface area contributed by atoms with Gasteiger partial charge in [0.2, 0.25) is 0 Å². The molecule has 0 N–H and O–H groups in total. The van der Waals surface area contributed by atoms with Crippen LogP contribution in [0.5, 0.6) is 5.75 Å². The molecule has 0 heterocycles. The molecule has 0 bridgehead atoms. The minimum Gasteiger partial charge on any atom is -0.494 e. The first kappa shape index (κ1) is 11.8. The molecule has 2 nitrogen and oxygen atoms in total. The van der Waals surface area contributed by atoms with Crippen LogP contribution in [0.3, 0.4) is 0 Å². The molecule has 0 unspecified atom stereocenters. The Morgan fingerprint density at radius 2 is 2.00 bits per heavy atom. The maximum atomic E-state index is 5.38. The largest absolute Gasteiger partial charge is 0.494 e. The van der Waals surface area contributed by atoms with E-state index in [0.717, 1.165) is 25.4 Å². The zero-order valence-electron chi connectivity index (χ0n) is 9.57. The molecule has 0 fully saturated rings. The van der Waals surface area contributed by atoms with E-state index in [2.05, 4.69) is 30.7 Å². The van der Waals surface area contributed by atoms with E-state index in [9.17, 15) is 0 Å². The van der Waals surface area contributed by atoms with Crippen molar-refractivity contribution in [3.05, 3.63) is 42.5 Å². The lowest BCUT2D eigenvalue weighted by molar-refractivity contribution is 0.339. The summed E-state index contributed by atoms with van der Waals surface area (Å²) in [5, 5.41) is 0. The zero-order valence-corrected chi connectivity index (χ0v) is 9.57. The summed E-state index contributed by atoms with van der Waals surface area (Å²) in [6.07, 6.45) is 1.91. The topological polar surface area (TPSA) is 12.5 Å². The third kappa shape index (κ3) is 4.17. The molecule has 0 spiro atoms. The van der Waals surface area contributed by atoms with E-state index in [-0.39, 0.29) is 0 Å². The fourth-order valence-corrected chi connectivity index (χ4v) is 1.45. The van der Waals surface area contributed by atoms with Crippen LogP contribution in [0.15, 0.2) is 36.9 Å². The van der Waals surface area contributed by atoms with E-state index in [0.29, 0.717) is 0 Å². The van der Waals surface area contributed by atoms with Crippen LogP contribution in [0.2, 0.25) is 0 Å². The fourth-order valence-electron chi connectivity index (χ4n) is 1.45. The lowest BCUT2D eigenvalue weighted by atomic mass is 10.2. The van der Waals surface area contributed by atoms with Crippen LogP contribution in [0.1, 0.15) is 12.5 Å². The first-order valence-corrected chi connectivity index (χ1v) is 5.27. The summed E-state index contributed by atoms with van der Waals surface area (Å²) < 4.78 is 5.38. The van der Waals surface area contributed by atoms with E-state index < -0.39 is 0 Å². The molecule has 0 saturated carbocycles. The van der Waals surface area contributed by atoms with Crippen molar-refractivity contribution in [1.29, 1.82) is 0 Å². The normalized spacial score (nSPS) is 10.3. The van der Waals surface area contributed by atoms with Gasteiger partial charge in [0.15, 0.2) is 0 Å². The Hall–Kier alpha value is -1.28. The standard InChI is InChI=1S/C13H19NO/c1-4-10-14(3)11-12-6-8-13(9-7-12)15-5-2/h4,6-9H,1,5,10-11H2,2-3H3. The van der Waals surface area contributed by atoms with Gasteiger partial charge < -0.3 is 4.74 Å². The van der Waals surface area contributed by atoms with E-state index in [1.54, 1.807) is 0 Å². The van der Waals surface area contributed by atoms with Crippen molar-refractivity contribution in [2.24, 2.45) is 0 Å². The summed E-state index contributed by atoms with van der Waals surface area (Å²) in [5.41, 5.74) is 1.29. The third-order valence-corrected chi connectivity index (χ3v) is 2.13. The Kier molecular flexibility index (Phi) is 4.91.